The van der Waals surface area contributed by atoms with Gasteiger partial charge in [0, 0.05) is 23.5 Å². The molecule has 0 saturated heterocycles. The van der Waals surface area contributed by atoms with E-state index in [-0.39, 0.29) is 23.9 Å². The molecular formula is C19H15N3O4S. The average Bonchev–Trinajstić information content (AvgIpc) is 3.17. The second-order valence-corrected chi connectivity index (χ2v) is 6.61. The predicted octanol–water partition coefficient (Wildman–Crippen LogP) is 4.09. The average molecular weight is 381 g/mol. The number of non-ortho nitro benzene ring substituents is 1. The fourth-order valence-corrected chi connectivity index (χ4v) is 3.02. The summed E-state index contributed by atoms with van der Waals surface area (Å²) in [5.74, 6) is -0.468. The summed E-state index contributed by atoms with van der Waals surface area (Å²) in [6, 6.07) is 16.2. The van der Waals surface area contributed by atoms with Crippen LogP contribution in [0.4, 0.5) is 17.1 Å². The Hall–Kier alpha value is -3.52. The van der Waals surface area contributed by atoms with Crippen molar-refractivity contribution in [2.24, 2.45) is 0 Å². The van der Waals surface area contributed by atoms with E-state index in [0.717, 1.165) is 0 Å². The molecule has 0 saturated carbocycles. The van der Waals surface area contributed by atoms with Gasteiger partial charge in [0.1, 0.15) is 0 Å². The van der Waals surface area contributed by atoms with E-state index in [1.165, 1.54) is 23.5 Å². The van der Waals surface area contributed by atoms with Crippen molar-refractivity contribution < 1.29 is 14.5 Å². The molecule has 1 aromatic heterocycles. The topological polar surface area (TPSA) is 101 Å². The summed E-state index contributed by atoms with van der Waals surface area (Å²) in [6.07, 6.45) is 0.0871. The number of thiophene rings is 1. The van der Waals surface area contributed by atoms with E-state index < -0.39 is 4.92 Å². The normalized spacial score (nSPS) is 10.2. The predicted molar refractivity (Wildman–Crippen MR) is 104 cm³/mol. The molecule has 0 spiro atoms. The Bertz CT molecular complexity index is 969. The number of amides is 2. The number of benzene rings is 2. The number of hydrogen-bond donors (Lipinski definition) is 2. The van der Waals surface area contributed by atoms with Crippen LogP contribution in [0.15, 0.2) is 66.0 Å². The number of anilines is 2. The summed E-state index contributed by atoms with van der Waals surface area (Å²) in [5.41, 5.74) is 1.76. The lowest BCUT2D eigenvalue weighted by Crippen LogP contribution is -2.15. The Morgan fingerprint density at radius 3 is 2.30 bits per heavy atom. The molecule has 0 atom stereocenters. The number of nitrogens with zero attached hydrogens (tertiary/aromatic N) is 1. The number of nitro benzene ring substituents is 1. The first-order valence-electron chi connectivity index (χ1n) is 7.99. The van der Waals surface area contributed by atoms with Crippen LogP contribution >= 0.6 is 11.3 Å². The Kier molecular flexibility index (Phi) is 5.58. The van der Waals surface area contributed by atoms with Gasteiger partial charge in [-0.3, -0.25) is 19.7 Å². The SMILES string of the molecule is O=C(Cc1ccc([N+](=O)[O-])cc1)Nc1cccc(NC(=O)c2cccs2)c1. The zero-order valence-electron chi connectivity index (χ0n) is 14.0. The van der Waals surface area contributed by atoms with E-state index in [2.05, 4.69) is 10.6 Å². The van der Waals surface area contributed by atoms with Gasteiger partial charge in [0.2, 0.25) is 5.91 Å². The van der Waals surface area contributed by atoms with Crippen LogP contribution in [0.25, 0.3) is 0 Å². The summed E-state index contributed by atoms with van der Waals surface area (Å²) >= 11 is 1.35. The maximum Gasteiger partial charge on any atom is 0.269 e. The highest BCUT2D eigenvalue weighted by molar-refractivity contribution is 7.12. The van der Waals surface area contributed by atoms with Crippen LogP contribution in [0.2, 0.25) is 0 Å². The minimum atomic E-state index is -0.486. The van der Waals surface area contributed by atoms with Crippen molar-refractivity contribution in [1.29, 1.82) is 0 Å². The largest absolute Gasteiger partial charge is 0.326 e. The van der Waals surface area contributed by atoms with Crippen LogP contribution in [0, 0.1) is 10.1 Å². The Morgan fingerprint density at radius 2 is 1.67 bits per heavy atom. The number of rotatable bonds is 6. The molecule has 136 valence electrons. The summed E-state index contributed by atoms with van der Waals surface area (Å²) in [5, 5.41) is 18.0. The molecule has 0 radical (unpaired) electrons. The molecule has 0 aliphatic rings. The molecule has 2 amide bonds. The third-order valence-electron chi connectivity index (χ3n) is 3.66. The van der Waals surface area contributed by atoms with Gasteiger partial charge < -0.3 is 10.6 Å². The first kappa shape index (κ1) is 18.3. The van der Waals surface area contributed by atoms with Gasteiger partial charge in [-0.15, -0.1) is 11.3 Å². The van der Waals surface area contributed by atoms with Crippen molar-refractivity contribution in [1.82, 2.24) is 0 Å². The molecule has 0 bridgehead atoms. The third-order valence-corrected chi connectivity index (χ3v) is 4.53. The number of hydrogen-bond acceptors (Lipinski definition) is 5. The number of carbonyl (C=O) groups excluding carboxylic acids is 2. The first-order chi connectivity index (χ1) is 13.0. The molecule has 7 nitrogen and oxygen atoms in total. The second-order valence-electron chi connectivity index (χ2n) is 5.66. The van der Waals surface area contributed by atoms with Crippen LogP contribution < -0.4 is 10.6 Å². The van der Waals surface area contributed by atoms with Gasteiger partial charge in [0.25, 0.3) is 11.6 Å². The molecular weight excluding hydrogens is 366 g/mol. The Morgan fingerprint density at radius 1 is 0.963 bits per heavy atom. The van der Waals surface area contributed by atoms with E-state index in [4.69, 9.17) is 0 Å². The van der Waals surface area contributed by atoms with E-state index in [1.807, 2.05) is 5.38 Å². The van der Waals surface area contributed by atoms with Gasteiger partial charge >= 0.3 is 0 Å². The second kappa shape index (κ2) is 8.24. The van der Waals surface area contributed by atoms with Crippen molar-refractivity contribution in [3.05, 3.63) is 86.6 Å². The van der Waals surface area contributed by atoms with E-state index in [0.29, 0.717) is 21.8 Å². The van der Waals surface area contributed by atoms with Gasteiger partial charge in [-0.2, -0.15) is 0 Å². The van der Waals surface area contributed by atoms with E-state index in [1.54, 1.807) is 48.5 Å². The number of nitrogens with one attached hydrogen (secondary N) is 2. The summed E-state index contributed by atoms with van der Waals surface area (Å²) in [7, 11) is 0. The fourth-order valence-electron chi connectivity index (χ4n) is 2.40. The van der Waals surface area contributed by atoms with Crippen molar-refractivity contribution >= 4 is 40.2 Å². The van der Waals surface area contributed by atoms with Gasteiger partial charge in [-0.1, -0.05) is 24.3 Å². The van der Waals surface area contributed by atoms with Crippen LogP contribution in [0.5, 0.6) is 0 Å². The summed E-state index contributed by atoms with van der Waals surface area (Å²) < 4.78 is 0. The highest BCUT2D eigenvalue weighted by Gasteiger charge is 2.10. The van der Waals surface area contributed by atoms with Gasteiger partial charge in [0.05, 0.1) is 16.2 Å². The molecule has 0 fully saturated rings. The maximum atomic E-state index is 12.2. The lowest BCUT2D eigenvalue weighted by atomic mass is 10.1. The van der Waals surface area contributed by atoms with Crippen LogP contribution in [0.1, 0.15) is 15.2 Å². The zero-order valence-corrected chi connectivity index (χ0v) is 14.9. The molecule has 0 unspecified atom stereocenters. The Labute approximate surface area is 158 Å². The van der Waals surface area contributed by atoms with Gasteiger partial charge in [-0.05, 0) is 35.2 Å². The lowest BCUT2D eigenvalue weighted by molar-refractivity contribution is -0.384. The van der Waals surface area contributed by atoms with Crippen molar-refractivity contribution in [2.45, 2.75) is 6.42 Å². The highest BCUT2D eigenvalue weighted by atomic mass is 32.1. The molecule has 0 aliphatic heterocycles. The quantitative estimate of drug-likeness (QED) is 0.496. The minimum Gasteiger partial charge on any atom is -0.326 e. The summed E-state index contributed by atoms with van der Waals surface area (Å²) in [6.45, 7) is 0. The maximum absolute atomic E-state index is 12.2. The van der Waals surface area contributed by atoms with Gasteiger partial charge in [-0.25, -0.2) is 0 Å². The monoisotopic (exact) mass is 381 g/mol. The van der Waals surface area contributed by atoms with Crippen LogP contribution in [-0.2, 0) is 11.2 Å². The summed E-state index contributed by atoms with van der Waals surface area (Å²) in [4.78, 5) is 35.0. The zero-order chi connectivity index (χ0) is 19.2. The van der Waals surface area contributed by atoms with Crippen LogP contribution in [0.3, 0.4) is 0 Å². The lowest BCUT2D eigenvalue weighted by Gasteiger charge is -2.08. The van der Waals surface area contributed by atoms with Crippen molar-refractivity contribution in [3.8, 4) is 0 Å². The third kappa shape index (κ3) is 4.99. The standard InChI is InChI=1S/C19H15N3O4S/c23-18(11-13-6-8-16(9-7-13)22(25)26)20-14-3-1-4-15(12-14)21-19(24)17-5-2-10-27-17/h1-10,12H,11H2,(H,20,23)(H,21,24). The minimum absolute atomic E-state index is 0.0201. The van der Waals surface area contributed by atoms with Gasteiger partial charge in [0.15, 0.2) is 0 Å². The van der Waals surface area contributed by atoms with E-state index >= 15 is 0 Å². The van der Waals surface area contributed by atoms with E-state index in [9.17, 15) is 19.7 Å². The molecule has 8 heteroatoms. The molecule has 0 aliphatic carbocycles. The smallest absolute Gasteiger partial charge is 0.269 e. The molecule has 3 rings (SSSR count). The molecule has 2 N–H and O–H groups in total. The van der Waals surface area contributed by atoms with Crippen molar-refractivity contribution in [3.63, 3.8) is 0 Å². The fraction of sp³-hybridized carbons (Fsp3) is 0.0526. The molecule has 2 aromatic carbocycles. The first-order valence-corrected chi connectivity index (χ1v) is 8.87. The Balaban J connectivity index is 1.60. The van der Waals surface area contributed by atoms with Crippen LogP contribution in [-0.4, -0.2) is 16.7 Å². The number of nitro groups is 1. The molecule has 1 heterocycles. The van der Waals surface area contributed by atoms with Crippen molar-refractivity contribution in [2.75, 3.05) is 10.6 Å². The molecule has 27 heavy (non-hydrogen) atoms. The highest BCUT2D eigenvalue weighted by Crippen LogP contribution is 2.18. The number of carbonyl (C=O) groups is 2. The molecule has 3 aromatic rings.